The molecule has 4 aromatic rings. The van der Waals surface area contributed by atoms with Gasteiger partial charge in [0, 0.05) is 33.8 Å². The third kappa shape index (κ3) is 6.66. The second-order valence-corrected chi connectivity index (χ2v) is 9.40. The molecule has 39 heavy (non-hydrogen) atoms. The summed E-state index contributed by atoms with van der Waals surface area (Å²) in [6.45, 7) is 6.89. The Kier molecular flexibility index (Phi) is 8.41. The Balaban J connectivity index is 1.63. The number of fused-ring (bicyclic) bond motifs is 1. The van der Waals surface area contributed by atoms with E-state index in [2.05, 4.69) is 20.1 Å². The van der Waals surface area contributed by atoms with Crippen molar-refractivity contribution < 1.29 is 27.4 Å². The number of para-hydroxylation sites is 1. The first-order valence-electron chi connectivity index (χ1n) is 12.2. The Labute approximate surface area is 228 Å². The summed E-state index contributed by atoms with van der Waals surface area (Å²) in [5.74, 6) is 0.316. The SMILES string of the molecule is CCn1ncnc1-c1cc(C)nc2c(OCc3c(Cl)cc(C)cc3[C@H](C)NC(=O)COC(F)(F)F)cccc12. The number of carbonyl (C=O) groups excluding carboxylic acids is 1. The zero-order valence-electron chi connectivity index (χ0n) is 21.8. The van der Waals surface area contributed by atoms with Crippen molar-refractivity contribution >= 4 is 28.4 Å². The first kappa shape index (κ1) is 28.3. The first-order chi connectivity index (χ1) is 18.5. The van der Waals surface area contributed by atoms with E-state index in [1.165, 1.54) is 6.33 Å². The van der Waals surface area contributed by atoms with E-state index < -0.39 is 24.9 Å². The van der Waals surface area contributed by atoms with E-state index in [1.54, 1.807) is 29.8 Å². The quantitative estimate of drug-likeness (QED) is 0.266. The number of amides is 1. The highest BCUT2D eigenvalue weighted by Gasteiger charge is 2.30. The Morgan fingerprint density at radius 3 is 2.69 bits per heavy atom. The number of hydrogen-bond acceptors (Lipinski definition) is 6. The largest absolute Gasteiger partial charge is 0.523 e. The maximum Gasteiger partial charge on any atom is 0.523 e. The van der Waals surface area contributed by atoms with E-state index >= 15 is 0 Å². The maximum absolute atomic E-state index is 12.3. The number of benzene rings is 2. The van der Waals surface area contributed by atoms with Crippen molar-refractivity contribution in [3.8, 4) is 17.1 Å². The normalized spacial score (nSPS) is 12.5. The lowest BCUT2D eigenvalue weighted by Crippen LogP contribution is -2.33. The van der Waals surface area contributed by atoms with E-state index in [9.17, 15) is 18.0 Å². The van der Waals surface area contributed by atoms with Crippen LogP contribution in [0.3, 0.4) is 0 Å². The highest BCUT2D eigenvalue weighted by molar-refractivity contribution is 6.31. The van der Waals surface area contributed by atoms with E-state index in [0.717, 1.165) is 22.2 Å². The van der Waals surface area contributed by atoms with Crippen LogP contribution in [0.5, 0.6) is 5.75 Å². The van der Waals surface area contributed by atoms with Gasteiger partial charge in [-0.3, -0.25) is 9.53 Å². The summed E-state index contributed by atoms with van der Waals surface area (Å²) in [7, 11) is 0. The molecule has 0 aliphatic heterocycles. The predicted octanol–water partition coefficient (Wildman–Crippen LogP) is 6.08. The van der Waals surface area contributed by atoms with E-state index in [-0.39, 0.29) is 6.61 Å². The first-order valence-corrected chi connectivity index (χ1v) is 12.5. The molecule has 12 heteroatoms. The fourth-order valence-corrected chi connectivity index (χ4v) is 4.69. The van der Waals surface area contributed by atoms with Crippen molar-refractivity contribution in [2.24, 2.45) is 0 Å². The summed E-state index contributed by atoms with van der Waals surface area (Å²) in [5.41, 5.74) is 4.29. The second kappa shape index (κ2) is 11.6. The highest BCUT2D eigenvalue weighted by Crippen LogP contribution is 2.34. The Morgan fingerprint density at radius 2 is 1.97 bits per heavy atom. The van der Waals surface area contributed by atoms with Gasteiger partial charge in [0.05, 0.1) is 6.04 Å². The van der Waals surface area contributed by atoms with Crippen LogP contribution in [0.15, 0.2) is 42.7 Å². The van der Waals surface area contributed by atoms with Gasteiger partial charge in [-0.25, -0.2) is 14.6 Å². The van der Waals surface area contributed by atoms with Crippen molar-refractivity contribution in [1.82, 2.24) is 25.1 Å². The lowest BCUT2D eigenvalue weighted by Gasteiger charge is -2.21. The van der Waals surface area contributed by atoms with Gasteiger partial charge >= 0.3 is 6.36 Å². The topological polar surface area (TPSA) is 91.2 Å². The minimum Gasteiger partial charge on any atom is -0.487 e. The average Bonchev–Trinajstić information content (AvgIpc) is 3.34. The molecule has 8 nitrogen and oxygen atoms in total. The number of rotatable bonds is 9. The molecule has 0 unspecified atom stereocenters. The van der Waals surface area contributed by atoms with Gasteiger partial charge in [-0.1, -0.05) is 29.8 Å². The number of carbonyl (C=O) groups is 1. The van der Waals surface area contributed by atoms with Crippen LogP contribution in [0.4, 0.5) is 13.2 Å². The molecule has 0 saturated heterocycles. The fraction of sp³-hybridized carbons (Fsp3) is 0.333. The van der Waals surface area contributed by atoms with Gasteiger partial charge in [0.2, 0.25) is 5.91 Å². The Bertz CT molecular complexity index is 1510. The molecular weight excluding hydrogens is 535 g/mol. The second-order valence-electron chi connectivity index (χ2n) is 8.99. The van der Waals surface area contributed by atoms with Gasteiger partial charge in [0.25, 0.3) is 0 Å². The van der Waals surface area contributed by atoms with Gasteiger partial charge in [-0.05, 0) is 57.0 Å². The summed E-state index contributed by atoms with van der Waals surface area (Å²) in [4.78, 5) is 21.2. The van der Waals surface area contributed by atoms with Crippen LogP contribution in [-0.2, 0) is 22.7 Å². The molecule has 0 fully saturated rings. The minimum atomic E-state index is -4.90. The zero-order valence-corrected chi connectivity index (χ0v) is 22.5. The molecule has 1 amide bonds. The predicted molar refractivity (Wildman–Crippen MR) is 140 cm³/mol. The fourth-order valence-electron chi connectivity index (χ4n) is 4.35. The van der Waals surface area contributed by atoms with Crippen LogP contribution in [0.1, 0.15) is 42.3 Å². The van der Waals surface area contributed by atoms with Gasteiger partial charge < -0.3 is 10.1 Å². The lowest BCUT2D eigenvalue weighted by atomic mass is 9.99. The van der Waals surface area contributed by atoms with Crippen LogP contribution < -0.4 is 10.1 Å². The molecule has 0 saturated carbocycles. The van der Waals surface area contributed by atoms with Crippen LogP contribution >= 0.6 is 11.6 Å². The smallest absolute Gasteiger partial charge is 0.487 e. The monoisotopic (exact) mass is 561 g/mol. The summed E-state index contributed by atoms with van der Waals surface area (Å²) in [6, 6.07) is 10.4. The lowest BCUT2D eigenvalue weighted by molar-refractivity contribution is -0.321. The van der Waals surface area contributed by atoms with Crippen LogP contribution in [0, 0.1) is 13.8 Å². The van der Waals surface area contributed by atoms with Crippen molar-refractivity contribution in [2.45, 2.75) is 53.3 Å². The third-order valence-electron chi connectivity index (χ3n) is 6.04. The summed E-state index contributed by atoms with van der Waals surface area (Å²) < 4.78 is 48.7. The molecule has 0 aliphatic carbocycles. The van der Waals surface area contributed by atoms with Crippen molar-refractivity contribution in [1.29, 1.82) is 0 Å². The number of alkyl halides is 3. The van der Waals surface area contributed by atoms with Gasteiger partial charge in [-0.2, -0.15) is 5.10 Å². The van der Waals surface area contributed by atoms with E-state index in [1.807, 2.05) is 39.0 Å². The summed E-state index contributed by atoms with van der Waals surface area (Å²) in [5, 5.41) is 8.04. The van der Waals surface area contributed by atoms with Crippen LogP contribution in [0.2, 0.25) is 5.02 Å². The molecule has 4 rings (SSSR count). The van der Waals surface area contributed by atoms with Gasteiger partial charge in [0.15, 0.2) is 5.82 Å². The number of aromatic nitrogens is 4. The number of pyridine rings is 1. The molecule has 0 radical (unpaired) electrons. The van der Waals surface area contributed by atoms with Gasteiger partial charge in [-0.15, -0.1) is 13.2 Å². The third-order valence-corrected chi connectivity index (χ3v) is 6.38. The molecule has 1 N–H and O–H groups in total. The molecule has 2 aromatic carbocycles. The number of nitrogens with zero attached hydrogens (tertiary/aromatic N) is 4. The van der Waals surface area contributed by atoms with E-state index in [4.69, 9.17) is 21.3 Å². The zero-order chi connectivity index (χ0) is 28.3. The molecule has 2 heterocycles. The molecule has 0 spiro atoms. The molecule has 1 atom stereocenters. The molecule has 0 aliphatic rings. The average molecular weight is 562 g/mol. The number of nitrogens with one attached hydrogen (secondary N) is 1. The van der Waals surface area contributed by atoms with E-state index in [0.29, 0.717) is 39.8 Å². The molecule has 0 bridgehead atoms. The summed E-state index contributed by atoms with van der Waals surface area (Å²) in [6.07, 6.45) is -3.39. The van der Waals surface area contributed by atoms with Crippen LogP contribution in [0.25, 0.3) is 22.3 Å². The Hall–Kier alpha value is -3.70. The minimum absolute atomic E-state index is 0.0307. The Morgan fingerprint density at radius 1 is 1.21 bits per heavy atom. The number of halogens is 4. The number of ether oxygens (including phenoxy) is 2. The van der Waals surface area contributed by atoms with Crippen molar-refractivity contribution in [3.05, 3.63) is 70.1 Å². The summed E-state index contributed by atoms with van der Waals surface area (Å²) >= 11 is 6.57. The molecule has 206 valence electrons. The van der Waals surface area contributed by atoms with Gasteiger partial charge in [0.1, 0.15) is 30.8 Å². The number of hydrogen-bond donors (Lipinski definition) is 1. The van der Waals surface area contributed by atoms with Crippen molar-refractivity contribution in [3.63, 3.8) is 0 Å². The van der Waals surface area contributed by atoms with Crippen LogP contribution in [-0.4, -0.2) is 38.6 Å². The standard InChI is InChI=1S/C27H27ClF3N5O3/c1-5-36-26(32-14-33-36)20-11-16(3)34-25-18(20)7-6-8-23(25)38-12-21-19(9-15(2)10-22(21)28)17(4)35-24(37)13-39-27(29,30)31/h6-11,14,17H,5,12-13H2,1-4H3,(H,35,37)/t17-/m0/s1. The molecular formula is C27H27ClF3N5O3. The highest BCUT2D eigenvalue weighted by atomic mass is 35.5. The molecule has 2 aromatic heterocycles. The van der Waals surface area contributed by atoms with Crippen molar-refractivity contribution in [2.75, 3.05) is 6.61 Å². The maximum atomic E-state index is 12.3. The number of aryl methyl sites for hydroxylation is 3.